The van der Waals surface area contributed by atoms with E-state index in [9.17, 15) is 68.3 Å². The number of rotatable bonds is 24. The fourth-order valence-corrected chi connectivity index (χ4v) is 17.9. The molecule has 2 N–H and O–H groups in total. The van der Waals surface area contributed by atoms with Gasteiger partial charge in [-0.3, -0.25) is 34.1 Å². The van der Waals surface area contributed by atoms with Crippen molar-refractivity contribution in [2.75, 3.05) is 150 Å². The van der Waals surface area contributed by atoms with Gasteiger partial charge in [0.25, 0.3) is 11.4 Å². The van der Waals surface area contributed by atoms with Crippen molar-refractivity contribution in [3.8, 4) is 50.4 Å². The van der Waals surface area contributed by atoms with Crippen molar-refractivity contribution in [2.45, 2.75) is 78.6 Å². The first-order valence-corrected chi connectivity index (χ1v) is 48.6. The molecule has 7 aromatic carbocycles. The van der Waals surface area contributed by atoms with Crippen LogP contribution < -0.4 is 55.2 Å². The van der Waals surface area contributed by atoms with Gasteiger partial charge in [0.15, 0.2) is 27.6 Å². The number of benzene rings is 7. The number of nitrogens with one attached hydrogen (secondary N) is 2. The minimum absolute atomic E-state index is 0.00744. The third-order valence-electron chi connectivity index (χ3n) is 22.7. The second kappa shape index (κ2) is 44.6. The summed E-state index contributed by atoms with van der Waals surface area (Å²) >= 11 is 4.78. The van der Waals surface area contributed by atoms with E-state index in [1.54, 1.807) is 118 Å². The van der Waals surface area contributed by atoms with Gasteiger partial charge in [-0.1, -0.05) is 48.5 Å². The SMILES string of the molecule is CCC1CN(c2cnc(N3CCS(=O)(=O)CC3)c(F)c2)C(=O)O1.CSc1ccc(-c2c(F)cc(N3CC(CNC(C)=O)OC3=O)cc2F)cc1.CSc1ccc(-c2ccc(N3CC(COc4ccon4)OC3=O)cc2F)cc1.CSc1ccc(-c2ccc(N3CC(Cn4occc4=O)OC3=O)cc2F)cc1.O=C1OC(Cn2ccnn2)CN1c1ccc(-c2ccc(N3CCNCC3)nc2)c(F)c1. The van der Waals surface area contributed by atoms with E-state index in [0.717, 1.165) is 79.6 Å². The van der Waals surface area contributed by atoms with Crippen LogP contribution in [0.5, 0.6) is 5.88 Å². The Kier molecular flexibility index (Phi) is 31.8. The topological polar surface area (TPSA) is 356 Å². The number of carbonyl (C=O) groups is 6. The molecule has 7 saturated heterocycles. The highest BCUT2D eigenvalue weighted by Crippen LogP contribution is 2.38. The van der Waals surface area contributed by atoms with Crippen LogP contribution in [0.2, 0.25) is 0 Å². The Labute approximate surface area is 794 Å². The molecule has 716 valence electrons. The lowest BCUT2D eigenvalue weighted by molar-refractivity contribution is -0.119. The maximum absolute atomic E-state index is 14.9. The molecule has 12 aromatic rings. The molecule has 6 amide bonds. The minimum atomic E-state index is -3.04. The van der Waals surface area contributed by atoms with Crippen molar-refractivity contribution in [2.24, 2.45) is 0 Å². The first-order chi connectivity index (χ1) is 66.1. The summed E-state index contributed by atoms with van der Waals surface area (Å²) in [5, 5.41) is 17.1. The number of sulfone groups is 1. The monoisotopic (exact) mass is 1960 g/mol. The van der Waals surface area contributed by atoms with Gasteiger partial charge in [0, 0.05) is 114 Å². The van der Waals surface area contributed by atoms with Gasteiger partial charge in [0.05, 0.1) is 110 Å². The molecule has 7 aliphatic rings. The highest BCUT2D eigenvalue weighted by atomic mass is 32.2. The van der Waals surface area contributed by atoms with E-state index in [0.29, 0.717) is 82.5 Å². The van der Waals surface area contributed by atoms with E-state index >= 15 is 0 Å². The lowest BCUT2D eigenvalue weighted by atomic mass is 10.0. The van der Waals surface area contributed by atoms with E-state index < -0.39 is 93.5 Å². The van der Waals surface area contributed by atoms with Crippen LogP contribution in [0.4, 0.5) is 90.4 Å². The number of halogens is 6. The smallest absolute Gasteiger partial charge is 0.414 e. The molecule has 5 unspecified atom stereocenters. The molecule has 0 radical (unpaired) electrons. The maximum atomic E-state index is 14.9. The van der Waals surface area contributed by atoms with Crippen molar-refractivity contribution in [1.82, 2.24) is 45.5 Å². The van der Waals surface area contributed by atoms with E-state index in [1.165, 1.54) is 87.3 Å². The van der Waals surface area contributed by atoms with Gasteiger partial charge < -0.3 is 57.9 Å². The highest BCUT2D eigenvalue weighted by molar-refractivity contribution is 7.99. The summed E-state index contributed by atoms with van der Waals surface area (Å²) in [6.07, 6.45) is 10.6. The standard InChI is InChI=1S/C21H22FN7O2.2C20H17FN2O4S.C19H18F2N2O3S.C14H18FN3O4S/c22-19-11-16(29-14-17(31-21(29)30)13-28-10-7-25-26-28)2-3-18(19)15-1-4-20(24-12-15)27-8-5-23-6-9-27;1-28-16-5-2-13(3-6-16)17-7-4-14(10-18(17)21)23-11-15(27-20(23)24)12-25-19-8-9-26-22-19;1-28-16-5-2-13(3-6-16)17-7-4-14(10-18(17)21)22-11-15(27-20(22)25)12-23-19(24)8-9-26-23;1-11(24)22-9-14-10-23(19(25)26-14)13-7-16(20)18(17(21)8-13)12-3-5-15(27-2)6-4-12;1-2-11-9-18(14(19)22-11)10-7-12(15)13(16-8-10)17-3-5-23(20,21)6-4-17/h1-4,7,10-12,17,23H,5-6,8-9,13-14H2;2*2-10,15H,11-12H2,1H3;3-8,14H,9-10H2,1-2H3,(H,22,24);7-8,11H,2-6,9H2,1H3. The summed E-state index contributed by atoms with van der Waals surface area (Å²) < 4.78 is 155. The predicted octanol–water partition coefficient (Wildman–Crippen LogP) is 15.5. The second-order valence-electron chi connectivity index (χ2n) is 31.8. The molecule has 0 spiro atoms. The Morgan fingerprint density at radius 1 is 0.489 bits per heavy atom. The number of hydrogen-bond donors (Lipinski definition) is 2. The third kappa shape index (κ3) is 24.4. The fraction of sp³-hybridized carbons (Fsp3) is 0.298. The molecule has 0 bridgehead atoms. The van der Waals surface area contributed by atoms with Gasteiger partial charge in [0.1, 0.15) is 78.5 Å². The van der Waals surface area contributed by atoms with Crippen LogP contribution in [0.1, 0.15) is 20.3 Å². The molecule has 19 rings (SSSR count). The van der Waals surface area contributed by atoms with E-state index in [2.05, 4.69) is 45.5 Å². The van der Waals surface area contributed by atoms with Gasteiger partial charge in [0.2, 0.25) is 5.91 Å². The number of carbonyl (C=O) groups excluding carboxylic acids is 6. The van der Waals surface area contributed by atoms with Gasteiger partial charge in [-0.2, -0.15) is 4.74 Å². The molecule has 0 saturated carbocycles. The maximum Gasteiger partial charge on any atom is 0.414 e. The van der Waals surface area contributed by atoms with Crippen molar-refractivity contribution < 1.29 is 101 Å². The number of piperazine rings is 1. The molecule has 43 heteroatoms. The van der Waals surface area contributed by atoms with Gasteiger partial charge in [-0.15, -0.1) is 40.4 Å². The molecule has 33 nitrogen and oxygen atoms in total. The Morgan fingerprint density at radius 2 is 0.956 bits per heavy atom. The summed E-state index contributed by atoms with van der Waals surface area (Å²) in [5.74, 6) is -2.28. The average molecular weight is 1960 g/mol. The molecule has 7 fully saturated rings. The highest BCUT2D eigenvalue weighted by Gasteiger charge is 2.39. The zero-order valence-electron chi connectivity index (χ0n) is 74.3. The number of cyclic esters (lactones) is 5. The Morgan fingerprint density at radius 3 is 1.42 bits per heavy atom. The molecular weight excluding hydrogens is 1870 g/mol. The van der Waals surface area contributed by atoms with Crippen molar-refractivity contribution in [1.29, 1.82) is 0 Å². The summed E-state index contributed by atoms with van der Waals surface area (Å²) in [6.45, 7) is 9.39. The summed E-state index contributed by atoms with van der Waals surface area (Å²) in [7, 11) is -3.04. The van der Waals surface area contributed by atoms with Crippen LogP contribution in [0, 0.1) is 34.9 Å². The van der Waals surface area contributed by atoms with Gasteiger partial charge in [-0.05, 0) is 162 Å². The molecular formula is C94H92F6N16O17S4. The van der Waals surface area contributed by atoms with Crippen LogP contribution in [0.15, 0.2) is 236 Å². The quantitative estimate of drug-likeness (QED) is 0.0322. The predicted molar refractivity (Wildman–Crippen MR) is 503 cm³/mol. The van der Waals surface area contributed by atoms with Crippen LogP contribution in [0.25, 0.3) is 44.5 Å². The van der Waals surface area contributed by atoms with E-state index in [4.69, 9.17) is 32.9 Å². The molecule has 7 aliphatic heterocycles. The Balaban J connectivity index is 0.000000130. The second-order valence-corrected chi connectivity index (χ2v) is 36.7. The summed E-state index contributed by atoms with van der Waals surface area (Å²) in [6, 6.07) is 46.4. The van der Waals surface area contributed by atoms with Crippen molar-refractivity contribution in [3.63, 3.8) is 0 Å². The first-order valence-electron chi connectivity index (χ1n) is 43.2. The normalized spacial score (nSPS) is 18.2. The Hall–Kier alpha value is -14.0. The molecule has 0 aliphatic carbocycles. The molecule has 137 heavy (non-hydrogen) atoms. The zero-order valence-corrected chi connectivity index (χ0v) is 77.6. The number of ether oxygens (including phenoxy) is 6. The van der Waals surface area contributed by atoms with E-state index in [1.807, 2.05) is 86.4 Å². The van der Waals surface area contributed by atoms with Crippen LogP contribution in [-0.2, 0) is 51.4 Å². The van der Waals surface area contributed by atoms with Crippen LogP contribution >= 0.6 is 35.3 Å². The average Bonchev–Trinajstić information content (AvgIpc) is 1.80. The number of hydrogen-bond acceptors (Lipinski definition) is 28. The largest absolute Gasteiger partial charge is 0.471 e. The molecule has 5 aromatic heterocycles. The van der Waals surface area contributed by atoms with Crippen LogP contribution in [-0.4, -0.2) is 226 Å². The summed E-state index contributed by atoms with van der Waals surface area (Å²) in [4.78, 5) is 105. The first kappa shape index (κ1) is 97.5. The zero-order chi connectivity index (χ0) is 96.6. The number of anilines is 7. The number of amides is 6. The molecule has 5 atom stereocenters. The van der Waals surface area contributed by atoms with Gasteiger partial charge >= 0.3 is 30.5 Å². The van der Waals surface area contributed by atoms with Crippen molar-refractivity contribution in [3.05, 3.63) is 252 Å². The Bertz CT molecular complexity index is 6420. The third-order valence-corrected chi connectivity index (χ3v) is 26.5. The number of aromatic nitrogens is 7. The van der Waals surface area contributed by atoms with E-state index in [-0.39, 0.29) is 105 Å². The lowest BCUT2D eigenvalue weighted by Crippen LogP contribution is -2.43. The molecule has 12 heterocycles. The van der Waals surface area contributed by atoms with Crippen molar-refractivity contribution >= 4 is 122 Å². The number of nitrogens with zero attached hydrogens (tertiary/aromatic N) is 14. The van der Waals surface area contributed by atoms with Crippen LogP contribution in [0.3, 0.4) is 0 Å². The number of pyridine rings is 2. The number of thioether (sulfide) groups is 3. The lowest BCUT2D eigenvalue weighted by Gasteiger charge is -2.28. The van der Waals surface area contributed by atoms with Gasteiger partial charge in [-0.25, -0.2) is 73.4 Å². The fourth-order valence-electron chi connectivity index (χ4n) is 15.5. The summed E-state index contributed by atoms with van der Waals surface area (Å²) in [5.41, 5.74) is 5.30. The minimum Gasteiger partial charge on any atom is -0.471 e.